The molecule has 24 nitrogen and oxygen atoms in total. The van der Waals surface area contributed by atoms with Gasteiger partial charge in [-0.1, -0.05) is 67.2 Å². The van der Waals surface area contributed by atoms with Gasteiger partial charge in [0, 0.05) is 60.8 Å². The number of aliphatic hydroxyl groups excluding tert-OH is 6. The summed E-state index contributed by atoms with van der Waals surface area (Å²) in [5, 5.41) is 102. The van der Waals surface area contributed by atoms with E-state index in [1.165, 1.54) is 56.4 Å². The highest BCUT2D eigenvalue weighted by Gasteiger charge is 2.59. The van der Waals surface area contributed by atoms with Crippen molar-refractivity contribution in [1.29, 1.82) is 0 Å². The Kier molecular flexibility index (Phi) is 20.6. The van der Waals surface area contributed by atoms with Gasteiger partial charge in [0.2, 0.25) is 12.1 Å². The Hall–Kier alpha value is -3.58. The lowest BCUT2D eigenvalue weighted by atomic mass is 9.77. The van der Waals surface area contributed by atoms with E-state index in [0.29, 0.717) is 34.8 Å². The predicted molar refractivity (Wildman–Crippen MR) is 276 cm³/mol. The monoisotopic (exact) mass is 1120 g/mol. The van der Waals surface area contributed by atoms with E-state index in [1.54, 1.807) is 12.2 Å². The zero-order valence-electron chi connectivity index (χ0n) is 40.4. The second-order valence-electron chi connectivity index (χ2n) is 18.5. The number of hydrogen-bond donors (Lipinski definition) is 15. The first-order chi connectivity index (χ1) is 35.5. The molecule has 28 heteroatoms. The van der Waals surface area contributed by atoms with E-state index >= 15 is 4.79 Å². The summed E-state index contributed by atoms with van der Waals surface area (Å²) < 4.78 is 30.0. The molecule has 6 heterocycles. The number of esters is 1. The van der Waals surface area contributed by atoms with Crippen LogP contribution in [0.3, 0.4) is 0 Å². The molecule has 0 aromatic rings. The molecule has 0 spiro atoms. The Bertz CT molecular complexity index is 2310. The number of nitrogens with one attached hydrogen (secondary N) is 3. The molecule has 6 bridgehead atoms. The zero-order valence-corrected chi connectivity index (χ0v) is 43.7. The van der Waals surface area contributed by atoms with Crippen LogP contribution in [0.25, 0.3) is 0 Å². The average molecular weight is 1120 g/mol. The third-order valence-corrected chi connectivity index (χ3v) is 20.1. The van der Waals surface area contributed by atoms with E-state index in [1.807, 2.05) is 6.08 Å². The summed E-state index contributed by atoms with van der Waals surface area (Å²) in [4.78, 5) is 37.8. The van der Waals surface area contributed by atoms with Crippen LogP contribution in [0.1, 0.15) is 25.7 Å². The van der Waals surface area contributed by atoms with Crippen molar-refractivity contribution < 1.29 is 84.1 Å². The number of aliphatic carboxylic acids is 1. The SMILES string of the molecule is CN[C@@H](CO)O[C@H]1[C@H](O[C@@H]2OC=C3C(=O)O[C@@H]4CC[C@@H](CO)[C@@H]4CSS[C@H]4[C@H](CO)[NH+]5C=C(C(=O)O)C(NC(N)=NCCCO)=C(/C=C6\C#C[C@]4(CCN=C(N)N)SSC/C=C/[C@@H]2[C@@H]36)C5)O[C@H](CO)[C@@H](O)C1(O)O. The number of aliphatic hydroxyl groups is 8. The first kappa shape index (κ1) is 58.1. The number of hydrogen-bond acceptors (Lipinski definition) is 22. The number of likely N-dealkylation sites (N-methyl/N-ethyl adjacent to an activating group) is 1. The van der Waals surface area contributed by atoms with E-state index in [-0.39, 0.29) is 91.9 Å². The van der Waals surface area contributed by atoms with E-state index in [4.69, 9.17) is 40.9 Å². The number of quaternary nitrogens is 1. The molecule has 0 amide bonds. The molecule has 1 saturated carbocycles. The number of ether oxygens (including phenoxy) is 5. The minimum absolute atomic E-state index is 0.0275. The Morgan fingerprint density at radius 2 is 1.86 bits per heavy atom. The summed E-state index contributed by atoms with van der Waals surface area (Å²) in [5.74, 6) is -0.684. The van der Waals surface area contributed by atoms with Crippen LogP contribution in [0.5, 0.6) is 0 Å². The molecule has 0 aromatic heterocycles. The van der Waals surface area contributed by atoms with Gasteiger partial charge in [0.25, 0.3) is 0 Å². The third kappa shape index (κ3) is 12.9. The van der Waals surface area contributed by atoms with Crippen LogP contribution < -0.4 is 32.7 Å². The number of nitrogens with two attached hydrogens (primary N) is 3. The van der Waals surface area contributed by atoms with Gasteiger partial charge in [-0.3, -0.25) is 20.2 Å². The molecule has 1 aliphatic carbocycles. The highest BCUT2D eigenvalue weighted by atomic mass is 33.1. The summed E-state index contributed by atoms with van der Waals surface area (Å²) >= 11 is 0. The molecule has 410 valence electrons. The molecule has 15 atom stereocenters. The van der Waals surface area contributed by atoms with Gasteiger partial charge in [-0.15, -0.1) is 0 Å². The highest BCUT2D eigenvalue weighted by Crippen LogP contribution is 2.52. The molecule has 0 radical (unpaired) electrons. The molecule has 1 unspecified atom stereocenters. The summed E-state index contributed by atoms with van der Waals surface area (Å²) in [6, 6.07) is -0.737. The fourth-order valence-corrected chi connectivity index (χ4v) is 17.1. The summed E-state index contributed by atoms with van der Waals surface area (Å²) in [7, 11) is 7.23. The fraction of sp³-hybridized carbons (Fsp3) is 0.652. The smallest absolute Gasteiger partial charge is 0.343 e. The molecule has 18 N–H and O–H groups in total. The highest BCUT2D eigenvalue weighted by molar-refractivity contribution is 8.79. The van der Waals surface area contributed by atoms with Gasteiger partial charge >= 0.3 is 11.9 Å². The van der Waals surface area contributed by atoms with Gasteiger partial charge in [-0.25, -0.2) is 9.59 Å². The second-order valence-corrected chi connectivity index (χ2v) is 23.8. The molecule has 7 rings (SSSR count). The normalized spacial score (nSPS) is 36.5. The van der Waals surface area contributed by atoms with Crippen molar-refractivity contribution in [3.05, 3.63) is 58.7 Å². The van der Waals surface area contributed by atoms with Crippen LogP contribution in [0.15, 0.2) is 68.7 Å². The number of allylic oxidation sites excluding steroid dienone is 1. The number of rotatable bonds is 17. The first-order valence-corrected chi connectivity index (χ1v) is 28.8. The van der Waals surface area contributed by atoms with Gasteiger partial charge in [0.05, 0.1) is 48.5 Å². The second kappa shape index (κ2) is 26.2. The molecule has 2 fully saturated rings. The maximum atomic E-state index is 15.1. The van der Waals surface area contributed by atoms with Gasteiger partial charge in [0.1, 0.15) is 53.6 Å². The van der Waals surface area contributed by atoms with Crippen LogP contribution >= 0.6 is 43.2 Å². The van der Waals surface area contributed by atoms with E-state index in [0.717, 1.165) is 6.26 Å². The van der Waals surface area contributed by atoms with Gasteiger partial charge in [-0.05, 0) is 44.7 Å². The molecular formula is C46H67N8O16S4+. The van der Waals surface area contributed by atoms with Crippen LogP contribution in [0, 0.1) is 35.5 Å². The Labute approximate surface area is 443 Å². The topological polar surface area (TPSA) is 394 Å². The lowest BCUT2D eigenvalue weighted by Crippen LogP contribution is -3.14. The predicted octanol–water partition coefficient (Wildman–Crippen LogP) is -4.08. The van der Waals surface area contributed by atoms with Crippen molar-refractivity contribution in [2.45, 2.75) is 90.7 Å². The van der Waals surface area contributed by atoms with Gasteiger partial charge in [0.15, 0.2) is 24.3 Å². The van der Waals surface area contributed by atoms with E-state index < -0.39 is 109 Å². The number of nitrogens with zero attached hydrogens (tertiary/aromatic N) is 2. The standard InChI is InChI=1S/C46H66N8O16S4/c1-50-33(20-59)69-37-42(68-32(19-58)36(60)46(37,64)65)70-41-26-4-2-13-71-74-45(9-11-51-43(47)48)8-7-23-14-25-15-54(16-27(39(61)62)35(25)53-44(49)52-10-3-12-55)30(18-57)38(45)73-72-22-29-24(17-56)5-6-31(29)67-40(63)28(21-66-41)34(23)26/h2,4,14,16,21,24,26,29-34,36-38,41-42,50,55-60,64-65H,3,5-6,9-13,15,17-20,22H2,1H3,(H,61,62)(H4,47,48,51)(H3,49,52,53)/p+1/b4-2+,23-14+/t24-,26+,29-,30-,31+,32+,33+,34-,36+,37-,38-,41-,42-,45+/m0/s1. The van der Waals surface area contributed by atoms with Crippen molar-refractivity contribution in [1.82, 2.24) is 10.6 Å². The number of guanidine groups is 2. The third-order valence-electron chi connectivity index (χ3n) is 13.9. The average Bonchev–Trinajstić information content (AvgIpc) is 3.74. The maximum absolute atomic E-state index is 15.1. The van der Waals surface area contributed by atoms with Gasteiger partial charge in [-0.2, -0.15) is 0 Å². The molecule has 1 saturated heterocycles. The van der Waals surface area contributed by atoms with Crippen LogP contribution in [0.4, 0.5) is 0 Å². The largest absolute Gasteiger partial charge is 0.477 e. The van der Waals surface area contributed by atoms with Crippen molar-refractivity contribution in [3.8, 4) is 11.8 Å². The van der Waals surface area contributed by atoms with Crippen molar-refractivity contribution >= 4 is 67.0 Å². The van der Waals surface area contributed by atoms with Gasteiger partial charge < -0.3 is 92.2 Å². The molecular weight excluding hydrogens is 1050 g/mol. The summed E-state index contributed by atoms with van der Waals surface area (Å²) in [5.41, 5.74) is 18.5. The lowest BCUT2D eigenvalue weighted by molar-refractivity contribution is -0.870. The fourth-order valence-electron chi connectivity index (χ4n) is 10.0. The first-order valence-electron chi connectivity index (χ1n) is 24.1. The molecule has 74 heavy (non-hydrogen) atoms. The number of carboxylic acids is 1. The Balaban J connectivity index is 1.52. The van der Waals surface area contributed by atoms with Crippen molar-refractivity contribution in [3.63, 3.8) is 0 Å². The zero-order chi connectivity index (χ0) is 53.3. The van der Waals surface area contributed by atoms with Crippen molar-refractivity contribution in [2.75, 3.05) is 71.2 Å². The number of carboxylic acid groups (broad SMARTS) is 1. The Morgan fingerprint density at radius 3 is 2.55 bits per heavy atom. The Morgan fingerprint density at radius 1 is 1.07 bits per heavy atom. The van der Waals surface area contributed by atoms with Crippen LogP contribution in [-0.2, 0) is 33.3 Å². The summed E-state index contributed by atoms with van der Waals surface area (Å²) in [6.45, 7) is -2.10. The van der Waals surface area contributed by atoms with E-state index in [2.05, 4.69) is 32.5 Å². The number of carbonyl (C=O) groups is 2. The number of aliphatic imine (C=N–C) groups is 2. The van der Waals surface area contributed by atoms with Crippen LogP contribution in [-0.4, -0.2) is 206 Å². The molecule has 7 aliphatic rings. The molecule has 0 aromatic carbocycles. The van der Waals surface area contributed by atoms with E-state index in [9.17, 15) is 50.8 Å². The van der Waals surface area contributed by atoms with Crippen molar-refractivity contribution in [2.24, 2.45) is 50.9 Å². The van der Waals surface area contributed by atoms with Crippen LogP contribution in [0.2, 0.25) is 0 Å². The minimum Gasteiger partial charge on any atom is -0.477 e. The lowest BCUT2D eigenvalue weighted by Gasteiger charge is -2.48. The quantitative estimate of drug-likeness (QED) is 0.00962. The molecule has 6 aliphatic heterocycles. The maximum Gasteiger partial charge on any atom is 0.343 e. The number of fused-ring (bicyclic) bond motifs is 3. The minimum atomic E-state index is -3.15. The summed E-state index contributed by atoms with van der Waals surface area (Å²) in [6.07, 6.45) is -1.66. The number of carbonyl (C=O) groups excluding carboxylic acids is 1.